The van der Waals surface area contributed by atoms with Crippen molar-refractivity contribution in [3.05, 3.63) is 34.7 Å². The summed E-state index contributed by atoms with van der Waals surface area (Å²) >= 11 is 3.41. The summed E-state index contributed by atoms with van der Waals surface area (Å²) < 4.78 is 0.787. The lowest BCUT2D eigenvalue weighted by Gasteiger charge is -2.17. The van der Waals surface area contributed by atoms with Crippen molar-refractivity contribution in [1.29, 1.82) is 0 Å². The first-order valence-corrected chi connectivity index (χ1v) is 6.50. The number of aromatic amines is 1. The number of hydrogen-bond donors (Lipinski definition) is 2. The minimum absolute atomic E-state index is 0.0752. The smallest absolute Gasteiger partial charge is 0.137 e. The van der Waals surface area contributed by atoms with Crippen LogP contribution >= 0.6 is 15.9 Å². The van der Waals surface area contributed by atoms with E-state index in [1.807, 2.05) is 6.07 Å². The third-order valence-corrected chi connectivity index (χ3v) is 2.79. The first-order chi connectivity index (χ1) is 8.45. The fourth-order valence-corrected chi connectivity index (χ4v) is 1.80. The molecule has 6 heteroatoms. The maximum absolute atomic E-state index is 4.52. The van der Waals surface area contributed by atoms with Crippen LogP contribution in [-0.2, 0) is 12.0 Å². The zero-order valence-corrected chi connectivity index (χ0v) is 12.2. The van der Waals surface area contributed by atoms with Gasteiger partial charge in [-0.1, -0.05) is 20.8 Å². The zero-order valence-electron chi connectivity index (χ0n) is 10.7. The summed E-state index contributed by atoms with van der Waals surface area (Å²) in [6, 6.07) is 1.87. The monoisotopic (exact) mass is 309 g/mol. The second-order valence-corrected chi connectivity index (χ2v) is 5.89. The summed E-state index contributed by atoms with van der Waals surface area (Å²) in [7, 11) is 0. The lowest BCUT2D eigenvalue weighted by atomic mass is 9.96. The maximum atomic E-state index is 4.52. The molecule has 0 spiro atoms. The Balaban J connectivity index is 2.15. The van der Waals surface area contributed by atoms with Crippen molar-refractivity contribution in [3.63, 3.8) is 0 Å². The van der Waals surface area contributed by atoms with Crippen LogP contribution in [0.1, 0.15) is 32.3 Å². The molecule has 0 saturated heterocycles. The first kappa shape index (κ1) is 13.0. The van der Waals surface area contributed by atoms with Crippen molar-refractivity contribution in [2.24, 2.45) is 0 Å². The second-order valence-electron chi connectivity index (χ2n) is 5.08. The fraction of sp³-hybridized carbons (Fsp3) is 0.417. The van der Waals surface area contributed by atoms with Crippen molar-refractivity contribution in [3.8, 4) is 0 Å². The first-order valence-electron chi connectivity index (χ1n) is 5.71. The van der Waals surface area contributed by atoms with Crippen molar-refractivity contribution in [2.45, 2.75) is 32.7 Å². The van der Waals surface area contributed by atoms with Crippen LogP contribution < -0.4 is 5.32 Å². The summed E-state index contributed by atoms with van der Waals surface area (Å²) in [4.78, 5) is 15.9. The van der Waals surface area contributed by atoms with Crippen LogP contribution in [-0.4, -0.2) is 19.9 Å². The number of anilines is 1. The average Bonchev–Trinajstić information content (AvgIpc) is 2.77. The molecular formula is C12H16BrN5. The largest absolute Gasteiger partial charge is 0.364 e. The number of imidazole rings is 1. The van der Waals surface area contributed by atoms with Crippen molar-refractivity contribution >= 4 is 21.7 Å². The van der Waals surface area contributed by atoms with Gasteiger partial charge in [-0.25, -0.2) is 15.0 Å². The van der Waals surface area contributed by atoms with Gasteiger partial charge in [0.1, 0.15) is 16.2 Å². The number of H-pyrrole nitrogens is 1. The SMILES string of the molecule is CC(C)(C)c1nc(Br)cc(NCc2cnc[nH]2)n1. The number of halogens is 1. The van der Waals surface area contributed by atoms with Crippen LogP contribution in [0, 0.1) is 0 Å². The van der Waals surface area contributed by atoms with E-state index in [1.54, 1.807) is 12.5 Å². The quantitative estimate of drug-likeness (QED) is 0.856. The molecule has 0 radical (unpaired) electrons. The molecule has 0 fully saturated rings. The Morgan fingerprint density at radius 2 is 2.11 bits per heavy atom. The highest BCUT2D eigenvalue weighted by Gasteiger charge is 2.18. The highest BCUT2D eigenvalue weighted by atomic mass is 79.9. The van der Waals surface area contributed by atoms with E-state index in [9.17, 15) is 0 Å². The third-order valence-electron chi connectivity index (χ3n) is 2.38. The molecule has 96 valence electrons. The molecule has 0 atom stereocenters. The lowest BCUT2D eigenvalue weighted by molar-refractivity contribution is 0.544. The van der Waals surface area contributed by atoms with Gasteiger partial charge in [0.15, 0.2) is 0 Å². The standard InChI is InChI=1S/C12H16BrN5/c1-12(2,3)11-17-9(13)4-10(18-11)15-6-8-5-14-7-16-8/h4-5,7H,6H2,1-3H3,(H,14,16)(H,15,17,18). The predicted octanol–water partition coefficient (Wildman–Crippen LogP) is 2.87. The number of aromatic nitrogens is 4. The molecule has 5 nitrogen and oxygen atoms in total. The summed E-state index contributed by atoms with van der Waals surface area (Å²) in [5.41, 5.74) is 0.941. The topological polar surface area (TPSA) is 66.5 Å². The van der Waals surface area contributed by atoms with E-state index in [0.717, 1.165) is 21.9 Å². The molecule has 0 aromatic carbocycles. The van der Waals surface area contributed by atoms with E-state index in [-0.39, 0.29) is 5.41 Å². The van der Waals surface area contributed by atoms with Gasteiger partial charge in [0.05, 0.1) is 18.6 Å². The molecule has 0 aliphatic carbocycles. The van der Waals surface area contributed by atoms with Crippen LogP contribution in [0.4, 0.5) is 5.82 Å². The van der Waals surface area contributed by atoms with Crippen molar-refractivity contribution in [2.75, 3.05) is 5.32 Å². The summed E-state index contributed by atoms with van der Waals surface area (Å²) in [5, 5.41) is 3.25. The van der Waals surface area contributed by atoms with Crippen LogP contribution in [0.5, 0.6) is 0 Å². The number of nitrogens with zero attached hydrogens (tertiary/aromatic N) is 3. The molecule has 18 heavy (non-hydrogen) atoms. The summed E-state index contributed by atoms with van der Waals surface area (Å²) in [5.74, 6) is 1.61. The molecular weight excluding hydrogens is 294 g/mol. The van der Waals surface area contributed by atoms with E-state index in [2.05, 4.69) is 62.0 Å². The molecule has 2 N–H and O–H groups in total. The fourth-order valence-electron chi connectivity index (χ4n) is 1.41. The molecule has 0 bridgehead atoms. The molecule has 0 amide bonds. The van der Waals surface area contributed by atoms with Gasteiger partial charge in [-0.15, -0.1) is 0 Å². The number of rotatable bonds is 3. The van der Waals surface area contributed by atoms with Crippen LogP contribution in [0.25, 0.3) is 0 Å². The zero-order chi connectivity index (χ0) is 13.2. The highest BCUT2D eigenvalue weighted by Crippen LogP contribution is 2.22. The lowest BCUT2D eigenvalue weighted by Crippen LogP contribution is -2.17. The van der Waals surface area contributed by atoms with Crippen molar-refractivity contribution in [1.82, 2.24) is 19.9 Å². The van der Waals surface area contributed by atoms with Gasteiger partial charge >= 0.3 is 0 Å². The van der Waals surface area contributed by atoms with E-state index in [0.29, 0.717) is 6.54 Å². The minimum atomic E-state index is -0.0752. The molecule has 0 unspecified atom stereocenters. The third kappa shape index (κ3) is 3.29. The molecule has 2 aromatic rings. The molecule has 2 heterocycles. The Kier molecular flexibility index (Phi) is 3.65. The van der Waals surface area contributed by atoms with Gasteiger partial charge in [-0.3, -0.25) is 0 Å². The van der Waals surface area contributed by atoms with E-state index < -0.39 is 0 Å². The molecule has 0 aliphatic heterocycles. The predicted molar refractivity (Wildman–Crippen MR) is 74.3 cm³/mol. The van der Waals surface area contributed by atoms with Gasteiger partial charge in [-0.05, 0) is 15.9 Å². The van der Waals surface area contributed by atoms with Crippen LogP contribution in [0.2, 0.25) is 0 Å². The minimum Gasteiger partial charge on any atom is -0.364 e. The highest BCUT2D eigenvalue weighted by molar-refractivity contribution is 9.10. The van der Waals surface area contributed by atoms with Gasteiger partial charge in [0.25, 0.3) is 0 Å². The van der Waals surface area contributed by atoms with E-state index >= 15 is 0 Å². The van der Waals surface area contributed by atoms with Gasteiger partial charge in [-0.2, -0.15) is 0 Å². The van der Waals surface area contributed by atoms with Gasteiger partial charge in [0, 0.05) is 17.7 Å². The number of hydrogen-bond acceptors (Lipinski definition) is 4. The molecule has 2 rings (SSSR count). The van der Waals surface area contributed by atoms with Gasteiger partial charge in [0.2, 0.25) is 0 Å². The summed E-state index contributed by atoms with van der Waals surface area (Å²) in [6.45, 7) is 6.93. The Labute approximate surface area is 115 Å². The number of nitrogens with one attached hydrogen (secondary N) is 2. The maximum Gasteiger partial charge on any atom is 0.137 e. The Morgan fingerprint density at radius 3 is 2.72 bits per heavy atom. The second kappa shape index (κ2) is 5.06. The average molecular weight is 310 g/mol. The van der Waals surface area contributed by atoms with Crippen LogP contribution in [0.15, 0.2) is 23.2 Å². The summed E-state index contributed by atoms with van der Waals surface area (Å²) in [6.07, 6.45) is 3.45. The molecule has 0 saturated carbocycles. The molecule has 0 aliphatic rings. The van der Waals surface area contributed by atoms with E-state index in [4.69, 9.17) is 0 Å². The van der Waals surface area contributed by atoms with Crippen LogP contribution in [0.3, 0.4) is 0 Å². The Morgan fingerprint density at radius 1 is 1.33 bits per heavy atom. The normalized spacial score (nSPS) is 11.6. The molecule has 2 aromatic heterocycles. The van der Waals surface area contributed by atoms with Crippen molar-refractivity contribution < 1.29 is 0 Å². The Bertz CT molecular complexity index is 516. The Hall–Kier alpha value is -1.43. The van der Waals surface area contributed by atoms with E-state index in [1.165, 1.54) is 0 Å². The van der Waals surface area contributed by atoms with Gasteiger partial charge < -0.3 is 10.3 Å².